The summed E-state index contributed by atoms with van der Waals surface area (Å²) >= 11 is 0. The van der Waals surface area contributed by atoms with Crippen LogP contribution >= 0.6 is 0 Å². The number of rotatable bonds is 4. The average Bonchev–Trinajstić information content (AvgIpc) is 2.65. The molecule has 0 aliphatic rings. The van der Waals surface area contributed by atoms with Crippen molar-refractivity contribution in [3.63, 3.8) is 0 Å². The Kier molecular flexibility index (Phi) is 4.39. The van der Waals surface area contributed by atoms with Gasteiger partial charge in [-0.05, 0) is 42.0 Å². The number of ether oxygens (including phenoxy) is 1. The summed E-state index contributed by atoms with van der Waals surface area (Å²) in [6.07, 6.45) is 0. The summed E-state index contributed by atoms with van der Waals surface area (Å²) < 4.78 is 5.18. The van der Waals surface area contributed by atoms with E-state index in [0.717, 1.165) is 22.2 Å². The van der Waals surface area contributed by atoms with Crippen LogP contribution in [0.5, 0.6) is 5.75 Å². The van der Waals surface area contributed by atoms with Gasteiger partial charge in [0.2, 0.25) is 0 Å². The number of benzene rings is 2. The highest BCUT2D eigenvalue weighted by Crippen LogP contribution is 2.19. The van der Waals surface area contributed by atoms with Gasteiger partial charge in [-0.15, -0.1) is 0 Å². The monoisotopic (exact) mass is 317 g/mol. The fourth-order valence-corrected chi connectivity index (χ4v) is 2.33. The number of amides is 1. The van der Waals surface area contributed by atoms with E-state index in [1.54, 1.807) is 25.3 Å². The predicted octanol–water partition coefficient (Wildman–Crippen LogP) is 3.05. The zero-order chi connectivity index (χ0) is 16.9. The van der Waals surface area contributed by atoms with Gasteiger partial charge in [0.15, 0.2) is 0 Å². The van der Waals surface area contributed by atoms with Crippen LogP contribution in [0.1, 0.15) is 21.6 Å². The van der Waals surface area contributed by atoms with Crippen LogP contribution in [0.3, 0.4) is 0 Å². The van der Waals surface area contributed by atoms with E-state index >= 15 is 0 Å². The second kappa shape index (κ2) is 6.80. The maximum atomic E-state index is 12.3. The molecule has 0 bridgehead atoms. The number of hydrogen-bond donors (Lipinski definition) is 1. The molecule has 1 amide bonds. The largest absolute Gasteiger partial charge is 0.497 e. The molecule has 0 saturated heterocycles. The summed E-state index contributed by atoms with van der Waals surface area (Å²) in [6.45, 7) is 0.382. The molecule has 1 heterocycles. The molecule has 0 aliphatic heterocycles. The number of carbonyl (C=O) groups excluding carboxylic acids is 1. The van der Waals surface area contributed by atoms with E-state index in [2.05, 4.69) is 16.4 Å². The lowest BCUT2D eigenvalue weighted by molar-refractivity contribution is 0.0946. The molecular formula is C19H15N3O2. The van der Waals surface area contributed by atoms with Crippen LogP contribution < -0.4 is 10.1 Å². The molecule has 0 radical (unpaired) electrons. The Balaban J connectivity index is 1.72. The zero-order valence-electron chi connectivity index (χ0n) is 13.1. The molecule has 5 nitrogen and oxygen atoms in total. The van der Waals surface area contributed by atoms with Crippen molar-refractivity contribution in [3.8, 4) is 11.8 Å². The fraction of sp³-hybridized carbons (Fsp3) is 0.105. The fourth-order valence-electron chi connectivity index (χ4n) is 2.33. The van der Waals surface area contributed by atoms with E-state index in [1.165, 1.54) is 0 Å². The number of methoxy groups -OCH3 is 1. The highest BCUT2D eigenvalue weighted by molar-refractivity contribution is 5.95. The van der Waals surface area contributed by atoms with Crippen molar-refractivity contribution in [3.05, 3.63) is 71.4 Å². The van der Waals surface area contributed by atoms with Gasteiger partial charge in [-0.3, -0.25) is 4.79 Å². The summed E-state index contributed by atoms with van der Waals surface area (Å²) in [4.78, 5) is 16.6. The normalized spacial score (nSPS) is 10.2. The van der Waals surface area contributed by atoms with Gasteiger partial charge in [0.05, 0.1) is 24.3 Å². The summed E-state index contributed by atoms with van der Waals surface area (Å²) in [6, 6.07) is 18.2. The maximum absolute atomic E-state index is 12.3. The Labute approximate surface area is 139 Å². The number of hydrogen-bond acceptors (Lipinski definition) is 4. The lowest BCUT2D eigenvalue weighted by Crippen LogP contribution is -2.23. The third kappa shape index (κ3) is 3.33. The quantitative estimate of drug-likeness (QED) is 0.802. The molecular weight excluding hydrogens is 302 g/mol. The molecule has 5 heteroatoms. The van der Waals surface area contributed by atoms with Gasteiger partial charge in [0.25, 0.3) is 5.91 Å². The Morgan fingerprint density at radius 1 is 1.17 bits per heavy atom. The lowest BCUT2D eigenvalue weighted by atomic mass is 10.1. The maximum Gasteiger partial charge on any atom is 0.270 e. The molecule has 3 rings (SSSR count). The van der Waals surface area contributed by atoms with E-state index < -0.39 is 0 Å². The van der Waals surface area contributed by atoms with Crippen LogP contribution in [0.25, 0.3) is 10.9 Å². The third-order valence-electron chi connectivity index (χ3n) is 3.67. The van der Waals surface area contributed by atoms with Gasteiger partial charge in [-0.25, -0.2) is 4.98 Å². The van der Waals surface area contributed by atoms with Gasteiger partial charge in [0, 0.05) is 11.9 Å². The highest BCUT2D eigenvalue weighted by Gasteiger charge is 2.08. The van der Waals surface area contributed by atoms with Crippen molar-refractivity contribution in [1.29, 1.82) is 5.26 Å². The molecule has 0 saturated carbocycles. The van der Waals surface area contributed by atoms with E-state index in [9.17, 15) is 4.79 Å². The Morgan fingerprint density at radius 3 is 2.67 bits per heavy atom. The summed E-state index contributed by atoms with van der Waals surface area (Å²) in [5, 5.41) is 12.5. The third-order valence-corrected chi connectivity index (χ3v) is 3.67. The molecule has 1 aromatic heterocycles. The van der Waals surface area contributed by atoms with Gasteiger partial charge in [-0.1, -0.05) is 18.2 Å². The zero-order valence-corrected chi connectivity index (χ0v) is 13.1. The van der Waals surface area contributed by atoms with Crippen LogP contribution in [0.2, 0.25) is 0 Å². The summed E-state index contributed by atoms with van der Waals surface area (Å²) in [5.41, 5.74) is 2.62. The lowest BCUT2D eigenvalue weighted by Gasteiger charge is -2.07. The van der Waals surface area contributed by atoms with Crippen molar-refractivity contribution in [2.45, 2.75) is 6.54 Å². The minimum absolute atomic E-state index is 0.239. The second-order valence-corrected chi connectivity index (χ2v) is 5.25. The molecule has 1 N–H and O–H groups in total. The highest BCUT2D eigenvalue weighted by atomic mass is 16.5. The molecule has 0 spiro atoms. The summed E-state index contributed by atoms with van der Waals surface area (Å²) in [7, 11) is 1.61. The van der Waals surface area contributed by atoms with Crippen LogP contribution in [0.4, 0.5) is 0 Å². The van der Waals surface area contributed by atoms with Crippen LogP contribution in [0, 0.1) is 11.3 Å². The number of fused-ring (bicyclic) bond motifs is 1. The number of carbonyl (C=O) groups is 1. The van der Waals surface area contributed by atoms with Gasteiger partial charge in [0.1, 0.15) is 11.4 Å². The van der Waals surface area contributed by atoms with Crippen molar-refractivity contribution < 1.29 is 9.53 Å². The Bertz CT molecular complexity index is 927. The number of nitrogens with zero attached hydrogens (tertiary/aromatic N) is 2. The van der Waals surface area contributed by atoms with Crippen molar-refractivity contribution >= 4 is 16.8 Å². The molecule has 2 aromatic carbocycles. The van der Waals surface area contributed by atoms with Crippen LogP contribution in [-0.2, 0) is 6.54 Å². The van der Waals surface area contributed by atoms with Crippen LogP contribution in [0.15, 0.2) is 54.6 Å². The first-order chi connectivity index (χ1) is 11.7. The molecule has 118 valence electrons. The topological polar surface area (TPSA) is 75.0 Å². The van der Waals surface area contributed by atoms with Crippen molar-refractivity contribution in [1.82, 2.24) is 10.3 Å². The first kappa shape index (κ1) is 15.5. The van der Waals surface area contributed by atoms with Crippen LogP contribution in [-0.4, -0.2) is 18.0 Å². The molecule has 0 aliphatic carbocycles. The molecule has 0 atom stereocenters. The van der Waals surface area contributed by atoms with E-state index in [-0.39, 0.29) is 5.91 Å². The minimum Gasteiger partial charge on any atom is -0.497 e. The predicted molar refractivity (Wildman–Crippen MR) is 90.6 cm³/mol. The van der Waals surface area contributed by atoms with Crippen molar-refractivity contribution in [2.75, 3.05) is 7.11 Å². The van der Waals surface area contributed by atoms with Crippen molar-refractivity contribution in [2.24, 2.45) is 0 Å². The smallest absolute Gasteiger partial charge is 0.270 e. The van der Waals surface area contributed by atoms with Gasteiger partial charge >= 0.3 is 0 Å². The second-order valence-electron chi connectivity index (χ2n) is 5.25. The minimum atomic E-state index is -0.239. The van der Waals surface area contributed by atoms with Gasteiger partial charge < -0.3 is 10.1 Å². The SMILES string of the molecule is COc1ccc2nc(C(=O)NCc3ccc(C#N)cc3)ccc2c1. The number of nitriles is 1. The molecule has 3 aromatic rings. The molecule has 0 unspecified atom stereocenters. The number of nitrogens with one attached hydrogen (secondary N) is 1. The van der Waals surface area contributed by atoms with E-state index in [0.29, 0.717) is 17.8 Å². The number of pyridine rings is 1. The number of aromatic nitrogens is 1. The summed E-state index contributed by atoms with van der Waals surface area (Å²) in [5.74, 6) is 0.513. The van der Waals surface area contributed by atoms with Gasteiger partial charge in [-0.2, -0.15) is 5.26 Å². The van der Waals surface area contributed by atoms with E-state index in [4.69, 9.17) is 10.00 Å². The standard InChI is InChI=1S/C19H15N3O2/c1-24-16-7-9-17-15(10-16)6-8-18(22-17)19(23)21-12-14-4-2-13(11-20)3-5-14/h2-10H,12H2,1H3,(H,21,23). The first-order valence-electron chi connectivity index (χ1n) is 7.41. The Hall–Kier alpha value is -3.39. The molecule has 24 heavy (non-hydrogen) atoms. The average molecular weight is 317 g/mol. The first-order valence-corrected chi connectivity index (χ1v) is 7.41. The Morgan fingerprint density at radius 2 is 1.96 bits per heavy atom. The van der Waals surface area contributed by atoms with E-state index in [1.807, 2.05) is 36.4 Å². The molecule has 0 fully saturated rings.